The van der Waals surface area contributed by atoms with Crippen molar-refractivity contribution in [1.82, 2.24) is 9.78 Å². The quantitative estimate of drug-likeness (QED) is 0.848. The van der Waals surface area contributed by atoms with Gasteiger partial charge in [0.05, 0.1) is 25.4 Å². The van der Waals surface area contributed by atoms with Crippen LogP contribution in [0.2, 0.25) is 0 Å². The highest BCUT2D eigenvalue weighted by atomic mass is 16.5. The van der Waals surface area contributed by atoms with Gasteiger partial charge in [-0.2, -0.15) is 5.10 Å². The average Bonchev–Trinajstić information content (AvgIpc) is 2.82. The first kappa shape index (κ1) is 13.2. The molecule has 1 aromatic carbocycles. The van der Waals surface area contributed by atoms with Gasteiger partial charge in [-0.15, -0.1) is 0 Å². The molecule has 0 aliphatic carbocycles. The van der Waals surface area contributed by atoms with Crippen molar-refractivity contribution in [1.29, 1.82) is 0 Å². The standard InChI is InChI=1S/C15H16N2O2/c1-12-9-16-17(10-12)11-13-5-6-15(19-2)14(8-13)4-3-7-18/h5-6,8-10,18H,7,11H2,1-2H3. The first-order valence-electron chi connectivity index (χ1n) is 5.98. The summed E-state index contributed by atoms with van der Waals surface area (Å²) in [5, 5.41) is 13.0. The third-order valence-electron chi connectivity index (χ3n) is 2.67. The normalized spacial score (nSPS) is 9.84. The molecular weight excluding hydrogens is 240 g/mol. The number of benzene rings is 1. The van der Waals surface area contributed by atoms with Gasteiger partial charge < -0.3 is 9.84 Å². The van der Waals surface area contributed by atoms with Crippen molar-refractivity contribution >= 4 is 0 Å². The minimum absolute atomic E-state index is 0.161. The predicted octanol–water partition coefficient (Wildman–Crippen LogP) is 1.59. The zero-order chi connectivity index (χ0) is 13.7. The molecule has 0 saturated heterocycles. The maximum atomic E-state index is 8.77. The van der Waals surface area contributed by atoms with Crippen LogP contribution in [0.4, 0.5) is 0 Å². The summed E-state index contributed by atoms with van der Waals surface area (Å²) in [5.41, 5.74) is 3.00. The molecule has 4 nitrogen and oxygen atoms in total. The van der Waals surface area contributed by atoms with Crippen molar-refractivity contribution < 1.29 is 9.84 Å². The molecule has 0 amide bonds. The second kappa shape index (κ2) is 6.07. The zero-order valence-electron chi connectivity index (χ0n) is 11.1. The molecule has 0 unspecified atom stereocenters. The van der Waals surface area contributed by atoms with Gasteiger partial charge in [0.2, 0.25) is 0 Å². The van der Waals surface area contributed by atoms with E-state index in [1.54, 1.807) is 7.11 Å². The van der Waals surface area contributed by atoms with Gasteiger partial charge in [0.25, 0.3) is 0 Å². The Kier molecular flexibility index (Phi) is 4.22. The van der Waals surface area contributed by atoms with Gasteiger partial charge in [-0.25, -0.2) is 0 Å². The molecule has 0 aliphatic heterocycles. The Labute approximate surface area is 112 Å². The monoisotopic (exact) mass is 256 g/mol. The highest BCUT2D eigenvalue weighted by Gasteiger charge is 2.03. The number of nitrogens with zero attached hydrogens (tertiary/aromatic N) is 2. The van der Waals surface area contributed by atoms with Crippen molar-refractivity contribution in [2.24, 2.45) is 0 Å². The summed E-state index contributed by atoms with van der Waals surface area (Å²) in [4.78, 5) is 0. The molecule has 0 aliphatic rings. The van der Waals surface area contributed by atoms with Gasteiger partial charge in [0.1, 0.15) is 12.4 Å². The van der Waals surface area contributed by atoms with Crippen LogP contribution in [-0.2, 0) is 6.54 Å². The maximum Gasteiger partial charge on any atom is 0.134 e. The Hall–Kier alpha value is -2.25. The minimum Gasteiger partial charge on any atom is -0.495 e. The fourth-order valence-corrected chi connectivity index (χ4v) is 1.83. The van der Waals surface area contributed by atoms with E-state index in [4.69, 9.17) is 9.84 Å². The van der Waals surface area contributed by atoms with Gasteiger partial charge in [0.15, 0.2) is 0 Å². The molecule has 0 saturated carbocycles. The molecule has 0 radical (unpaired) electrons. The van der Waals surface area contributed by atoms with Crippen molar-refractivity contribution in [3.05, 3.63) is 47.3 Å². The Morgan fingerprint density at radius 1 is 1.42 bits per heavy atom. The Morgan fingerprint density at radius 2 is 2.26 bits per heavy atom. The second-order valence-electron chi connectivity index (χ2n) is 4.21. The molecule has 1 heterocycles. The molecule has 0 fully saturated rings. The van der Waals surface area contributed by atoms with Gasteiger partial charge in [-0.05, 0) is 30.2 Å². The van der Waals surface area contributed by atoms with E-state index in [2.05, 4.69) is 16.9 Å². The van der Waals surface area contributed by atoms with Gasteiger partial charge in [-0.3, -0.25) is 4.68 Å². The Morgan fingerprint density at radius 3 is 2.89 bits per heavy atom. The van der Waals surface area contributed by atoms with E-state index in [9.17, 15) is 0 Å². The first-order valence-corrected chi connectivity index (χ1v) is 5.98. The van der Waals surface area contributed by atoms with Crippen LogP contribution in [-0.4, -0.2) is 28.6 Å². The number of methoxy groups -OCH3 is 1. The Bertz CT molecular complexity index is 621. The zero-order valence-corrected chi connectivity index (χ0v) is 11.1. The van der Waals surface area contributed by atoms with Crippen molar-refractivity contribution in [2.75, 3.05) is 13.7 Å². The largest absolute Gasteiger partial charge is 0.495 e. The number of aryl methyl sites for hydroxylation is 1. The van der Waals surface area contributed by atoms with Gasteiger partial charge >= 0.3 is 0 Å². The summed E-state index contributed by atoms with van der Waals surface area (Å²) < 4.78 is 7.12. The lowest BCUT2D eigenvalue weighted by molar-refractivity contribution is 0.350. The van der Waals surface area contributed by atoms with Crippen LogP contribution in [0.1, 0.15) is 16.7 Å². The second-order valence-corrected chi connectivity index (χ2v) is 4.21. The molecule has 4 heteroatoms. The number of aromatic nitrogens is 2. The summed E-state index contributed by atoms with van der Waals surface area (Å²) in [7, 11) is 1.61. The summed E-state index contributed by atoms with van der Waals surface area (Å²) >= 11 is 0. The number of hydrogen-bond acceptors (Lipinski definition) is 3. The summed E-state index contributed by atoms with van der Waals surface area (Å²) in [5.74, 6) is 6.24. The lowest BCUT2D eigenvalue weighted by atomic mass is 10.1. The molecule has 1 aromatic heterocycles. The number of aliphatic hydroxyl groups excluding tert-OH is 1. The van der Waals surface area contributed by atoms with E-state index in [1.165, 1.54) is 0 Å². The molecule has 2 rings (SSSR count). The third-order valence-corrected chi connectivity index (χ3v) is 2.67. The van der Waals surface area contributed by atoms with E-state index < -0.39 is 0 Å². The van der Waals surface area contributed by atoms with Gasteiger partial charge in [-0.1, -0.05) is 17.9 Å². The number of rotatable bonds is 3. The maximum absolute atomic E-state index is 8.77. The smallest absolute Gasteiger partial charge is 0.134 e. The van der Waals surface area contributed by atoms with Crippen LogP contribution >= 0.6 is 0 Å². The number of hydrogen-bond donors (Lipinski definition) is 1. The fourth-order valence-electron chi connectivity index (χ4n) is 1.83. The molecule has 0 bridgehead atoms. The van der Waals surface area contributed by atoms with Gasteiger partial charge in [0, 0.05) is 6.20 Å². The van der Waals surface area contributed by atoms with Crippen LogP contribution in [0.3, 0.4) is 0 Å². The van der Waals surface area contributed by atoms with E-state index in [-0.39, 0.29) is 6.61 Å². The molecule has 1 N–H and O–H groups in total. The Balaban J connectivity index is 2.27. The van der Waals surface area contributed by atoms with E-state index >= 15 is 0 Å². The third kappa shape index (κ3) is 3.36. The highest BCUT2D eigenvalue weighted by molar-refractivity contribution is 5.48. The highest BCUT2D eigenvalue weighted by Crippen LogP contribution is 2.19. The number of ether oxygens (including phenoxy) is 1. The predicted molar refractivity (Wildman–Crippen MR) is 73.0 cm³/mol. The SMILES string of the molecule is COc1ccc(Cn2cc(C)cn2)cc1C#CCO. The summed E-state index contributed by atoms with van der Waals surface area (Å²) in [6, 6.07) is 5.82. The molecule has 98 valence electrons. The van der Waals surface area contributed by atoms with Crippen LogP contribution < -0.4 is 4.74 Å². The lowest BCUT2D eigenvalue weighted by Crippen LogP contribution is -2.00. The van der Waals surface area contributed by atoms with Crippen LogP contribution in [0, 0.1) is 18.8 Å². The van der Waals surface area contributed by atoms with E-state index in [1.807, 2.05) is 42.2 Å². The molecule has 0 spiro atoms. The fraction of sp³-hybridized carbons (Fsp3) is 0.267. The summed E-state index contributed by atoms with van der Waals surface area (Å²) in [6.07, 6.45) is 3.82. The minimum atomic E-state index is -0.161. The van der Waals surface area contributed by atoms with Crippen LogP contribution in [0.15, 0.2) is 30.6 Å². The van der Waals surface area contributed by atoms with E-state index in [0.29, 0.717) is 12.3 Å². The van der Waals surface area contributed by atoms with E-state index in [0.717, 1.165) is 16.7 Å². The van der Waals surface area contributed by atoms with Crippen LogP contribution in [0.5, 0.6) is 5.75 Å². The van der Waals surface area contributed by atoms with Crippen LogP contribution in [0.25, 0.3) is 0 Å². The molecule has 19 heavy (non-hydrogen) atoms. The average molecular weight is 256 g/mol. The summed E-state index contributed by atoms with van der Waals surface area (Å²) in [6.45, 7) is 2.53. The number of aliphatic hydroxyl groups is 1. The van der Waals surface area contributed by atoms with Crippen molar-refractivity contribution in [3.63, 3.8) is 0 Å². The molecule has 2 aromatic rings. The molecule has 0 atom stereocenters. The topological polar surface area (TPSA) is 47.3 Å². The lowest BCUT2D eigenvalue weighted by Gasteiger charge is -2.07. The van der Waals surface area contributed by atoms with Crippen molar-refractivity contribution in [2.45, 2.75) is 13.5 Å². The molecular formula is C15H16N2O2. The van der Waals surface area contributed by atoms with Crippen molar-refractivity contribution in [3.8, 4) is 17.6 Å². The first-order chi connectivity index (χ1) is 9.22.